The van der Waals surface area contributed by atoms with Crippen LogP contribution in [-0.2, 0) is 13.1 Å². The molecule has 0 bridgehead atoms. The van der Waals surface area contributed by atoms with E-state index < -0.39 is 0 Å². The molecule has 0 amide bonds. The number of hydrogen-bond acceptors (Lipinski definition) is 2. The molecule has 0 atom stereocenters. The van der Waals surface area contributed by atoms with Crippen LogP contribution in [0.15, 0.2) is 60.7 Å². The second-order valence-corrected chi connectivity index (χ2v) is 5.59. The fourth-order valence-corrected chi connectivity index (χ4v) is 2.73. The van der Waals surface area contributed by atoms with E-state index in [0.29, 0.717) is 0 Å². The zero-order chi connectivity index (χ0) is 15.4. The highest BCUT2D eigenvalue weighted by molar-refractivity contribution is 6.00. The van der Waals surface area contributed by atoms with Gasteiger partial charge >= 0.3 is 0 Å². The summed E-state index contributed by atoms with van der Waals surface area (Å²) in [6, 6.07) is 21.1. The van der Waals surface area contributed by atoms with E-state index in [2.05, 4.69) is 60.8 Å². The minimum atomic E-state index is 0.826. The number of aryl methyl sites for hydroxylation is 1. The molecule has 2 N–H and O–H groups in total. The van der Waals surface area contributed by atoms with Crippen LogP contribution in [0.1, 0.15) is 22.3 Å². The van der Waals surface area contributed by atoms with Crippen molar-refractivity contribution in [1.82, 2.24) is 5.32 Å². The topological polar surface area (TPSA) is 35.9 Å². The van der Waals surface area contributed by atoms with Gasteiger partial charge in [-0.1, -0.05) is 66.2 Å². The van der Waals surface area contributed by atoms with Crippen LogP contribution in [0.3, 0.4) is 0 Å². The Bertz CT molecular complexity index is 788. The highest BCUT2D eigenvalue weighted by Crippen LogP contribution is 2.21. The molecular formula is C20H20N2. The Balaban J connectivity index is 1.76. The van der Waals surface area contributed by atoms with Gasteiger partial charge < -0.3 is 10.7 Å². The molecule has 3 aromatic rings. The van der Waals surface area contributed by atoms with Crippen LogP contribution in [0.2, 0.25) is 0 Å². The zero-order valence-electron chi connectivity index (χ0n) is 12.8. The van der Waals surface area contributed by atoms with Gasteiger partial charge in [-0.25, -0.2) is 0 Å². The first-order valence-electron chi connectivity index (χ1n) is 7.55. The van der Waals surface area contributed by atoms with Gasteiger partial charge in [0.25, 0.3) is 0 Å². The van der Waals surface area contributed by atoms with E-state index in [0.717, 1.165) is 24.0 Å². The van der Waals surface area contributed by atoms with Gasteiger partial charge in [0, 0.05) is 19.3 Å². The average molecular weight is 288 g/mol. The Morgan fingerprint density at radius 1 is 0.864 bits per heavy atom. The third-order valence-electron chi connectivity index (χ3n) is 3.97. The van der Waals surface area contributed by atoms with E-state index in [9.17, 15) is 0 Å². The lowest BCUT2D eigenvalue weighted by molar-refractivity contribution is 0.696. The normalized spacial score (nSPS) is 10.8. The summed E-state index contributed by atoms with van der Waals surface area (Å²) in [6.45, 7) is 3.79. The lowest BCUT2D eigenvalue weighted by atomic mass is 10.0. The van der Waals surface area contributed by atoms with Crippen LogP contribution in [0.4, 0.5) is 0 Å². The monoisotopic (exact) mass is 288 g/mol. The third-order valence-corrected chi connectivity index (χ3v) is 3.97. The zero-order valence-corrected chi connectivity index (χ0v) is 12.8. The fraction of sp³-hybridized carbons (Fsp3) is 0.150. The summed E-state index contributed by atoms with van der Waals surface area (Å²) in [5.74, 6) is 0. The van der Waals surface area contributed by atoms with E-state index in [1.54, 1.807) is 0 Å². The standard InChI is InChI=1S/C20H20N2/c1-15-8-10-16(11-9-15)13-22-14-18-5-3-6-19-17(12-21)4-2-7-20(18)19/h2-12,21-22H,13-14H2,1H3. The first-order chi connectivity index (χ1) is 10.8. The summed E-state index contributed by atoms with van der Waals surface area (Å²) in [5.41, 5.74) is 4.83. The molecule has 0 aliphatic heterocycles. The SMILES string of the molecule is Cc1ccc(CNCc2cccc3c(C=N)cccc23)cc1. The molecule has 0 aromatic heterocycles. The van der Waals surface area contributed by atoms with Crippen LogP contribution in [0.5, 0.6) is 0 Å². The summed E-state index contributed by atoms with van der Waals surface area (Å²) < 4.78 is 0. The maximum Gasteiger partial charge on any atom is 0.0256 e. The predicted molar refractivity (Wildman–Crippen MR) is 93.6 cm³/mol. The van der Waals surface area contributed by atoms with Gasteiger partial charge in [0.2, 0.25) is 0 Å². The average Bonchev–Trinajstić information content (AvgIpc) is 2.56. The summed E-state index contributed by atoms with van der Waals surface area (Å²) in [4.78, 5) is 0. The van der Waals surface area contributed by atoms with Crippen molar-refractivity contribution < 1.29 is 0 Å². The molecular weight excluding hydrogens is 268 g/mol. The van der Waals surface area contributed by atoms with E-state index in [1.807, 2.05) is 12.1 Å². The molecule has 0 unspecified atom stereocenters. The molecule has 0 aliphatic carbocycles. The smallest absolute Gasteiger partial charge is 0.0256 e. The Morgan fingerprint density at radius 3 is 2.36 bits per heavy atom. The molecule has 0 radical (unpaired) electrons. The van der Waals surface area contributed by atoms with E-state index in [-0.39, 0.29) is 0 Å². The molecule has 3 aromatic carbocycles. The van der Waals surface area contributed by atoms with Crippen molar-refractivity contribution in [3.05, 3.63) is 82.9 Å². The second-order valence-electron chi connectivity index (χ2n) is 5.59. The van der Waals surface area contributed by atoms with Crippen molar-refractivity contribution in [3.8, 4) is 0 Å². The minimum Gasteiger partial charge on any atom is -0.309 e. The second kappa shape index (κ2) is 6.54. The van der Waals surface area contributed by atoms with Crippen LogP contribution < -0.4 is 5.32 Å². The number of nitrogens with one attached hydrogen (secondary N) is 2. The predicted octanol–water partition coefficient (Wildman–Crippen LogP) is 4.44. The van der Waals surface area contributed by atoms with Crippen molar-refractivity contribution in [1.29, 1.82) is 5.41 Å². The molecule has 2 heteroatoms. The van der Waals surface area contributed by atoms with E-state index in [4.69, 9.17) is 5.41 Å². The number of benzene rings is 3. The molecule has 0 saturated heterocycles. The Labute approximate surface area is 131 Å². The van der Waals surface area contributed by atoms with Crippen LogP contribution in [0, 0.1) is 12.3 Å². The van der Waals surface area contributed by atoms with Gasteiger partial charge in [-0.2, -0.15) is 0 Å². The Hall–Kier alpha value is -2.45. The Kier molecular flexibility index (Phi) is 4.31. The maximum absolute atomic E-state index is 7.52. The van der Waals surface area contributed by atoms with Crippen molar-refractivity contribution >= 4 is 17.0 Å². The number of rotatable bonds is 5. The lowest BCUT2D eigenvalue weighted by Crippen LogP contribution is -2.13. The fourth-order valence-electron chi connectivity index (χ4n) is 2.73. The van der Waals surface area contributed by atoms with Gasteiger partial charge in [0.15, 0.2) is 0 Å². The van der Waals surface area contributed by atoms with Crippen LogP contribution in [-0.4, -0.2) is 6.21 Å². The molecule has 22 heavy (non-hydrogen) atoms. The van der Waals surface area contributed by atoms with Gasteiger partial charge in [-0.3, -0.25) is 0 Å². The number of hydrogen-bond donors (Lipinski definition) is 2. The van der Waals surface area contributed by atoms with Gasteiger partial charge in [0.1, 0.15) is 0 Å². The molecule has 0 spiro atoms. The highest BCUT2D eigenvalue weighted by atomic mass is 14.8. The molecule has 0 saturated carbocycles. The highest BCUT2D eigenvalue weighted by Gasteiger charge is 2.03. The molecule has 0 aliphatic rings. The first kappa shape index (κ1) is 14.5. The molecule has 110 valence electrons. The summed E-state index contributed by atoms with van der Waals surface area (Å²) in [5, 5.41) is 13.4. The summed E-state index contributed by atoms with van der Waals surface area (Å²) >= 11 is 0. The van der Waals surface area contributed by atoms with Gasteiger partial charge in [0.05, 0.1) is 0 Å². The largest absolute Gasteiger partial charge is 0.309 e. The molecule has 3 rings (SSSR count). The summed E-state index contributed by atoms with van der Waals surface area (Å²) in [6.07, 6.45) is 1.42. The van der Waals surface area contributed by atoms with Crippen LogP contribution >= 0.6 is 0 Å². The van der Waals surface area contributed by atoms with E-state index >= 15 is 0 Å². The van der Waals surface area contributed by atoms with E-state index in [1.165, 1.54) is 28.3 Å². The first-order valence-corrected chi connectivity index (χ1v) is 7.55. The maximum atomic E-state index is 7.52. The van der Waals surface area contributed by atoms with Crippen molar-refractivity contribution in [3.63, 3.8) is 0 Å². The molecule has 2 nitrogen and oxygen atoms in total. The lowest BCUT2D eigenvalue weighted by Gasteiger charge is -2.10. The van der Waals surface area contributed by atoms with Gasteiger partial charge in [-0.15, -0.1) is 0 Å². The third kappa shape index (κ3) is 3.07. The van der Waals surface area contributed by atoms with Crippen LogP contribution in [0.25, 0.3) is 10.8 Å². The quantitative estimate of drug-likeness (QED) is 0.669. The van der Waals surface area contributed by atoms with Crippen molar-refractivity contribution in [2.75, 3.05) is 0 Å². The van der Waals surface area contributed by atoms with Gasteiger partial charge in [-0.05, 0) is 34.4 Å². The summed E-state index contributed by atoms with van der Waals surface area (Å²) in [7, 11) is 0. The molecule has 0 fully saturated rings. The Morgan fingerprint density at radius 2 is 1.59 bits per heavy atom. The minimum absolute atomic E-state index is 0.826. The van der Waals surface area contributed by atoms with Crippen molar-refractivity contribution in [2.45, 2.75) is 20.0 Å². The molecule has 0 heterocycles. The number of fused-ring (bicyclic) bond motifs is 1. The van der Waals surface area contributed by atoms with Crippen molar-refractivity contribution in [2.24, 2.45) is 0 Å².